The number of rotatable bonds is 0. The Bertz CT molecular complexity index is 90.4. The lowest BCUT2D eigenvalue weighted by atomic mass is 10.2. The lowest BCUT2D eigenvalue weighted by Crippen LogP contribution is -2.03. The molecule has 1 rings (SSSR count). The SMILES string of the molecule is N#CC1CNSC1. The van der Waals surface area contributed by atoms with E-state index in [1.807, 2.05) is 0 Å². The van der Waals surface area contributed by atoms with Crippen LogP contribution in [0.15, 0.2) is 0 Å². The molecule has 1 unspecified atom stereocenters. The predicted octanol–water partition coefficient (Wildman–Crippen LogP) is 0.378. The molecule has 0 bridgehead atoms. The van der Waals surface area contributed by atoms with Gasteiger partial charge in [-0.1, -0.05) is 11.9 Å². The van der Waals surface area contributed by atoms with Gasteiger partial charge in [0.15, 0.2) is 0 Å². The summed E-state index contributed by atoms with van der Waals surface area (Å²) < 4.78 is 3.02. The van der Waals surface area contributed by atoms with Gasteiger partial charge in [0.2, 0.25) is 0 Å². The maximum atomic E-state index is 8.26. The van der Waals surface area contributed by atoms with E-state index in [-0.39, 0.29) is 5.92 Å². The van der Waals surface area contributed by atoms with Gasteiger partial charge in [0.25, 0.3) is 0 Å². The van der Waals surface area contributed by atoms with E-state index in [4.69, 9.17) is 5.26 Å². The van der Waals surface area contributed by atoms with Gasteiger partial charge in [-0.25, -0.2) is 0 Å². The van der Waals surface area contributed by atoms with Crippen LogP contribution in [0.25, 0.3) is 0 Å². The van der Waals surface area contributed by atoms with Gasteiger partial charge in [0.05, 0.1) is 12.0 Å². The minimum absolute atomic E-state index is 0.255. The maximum absolute atomic E-state index is 8.26. The molecule has 1 fully saturated rings. The Balaban J connectivity index is 2.31. The molecule has 0 spiro atoms. The summed E-state index contributed by atoms with van der Waals surface area (Å²) in [7, 11) is 0. The summed E-state index contributed by atoms with van der Waals surface area (Å²) in [6.07, 6.45) is 0. The zero-order valence-electron chi connectivity index (χ0n) is 3.85. The number of nitriles is 1. The second-order valence-electron chi connectivity index (χ2n) is 1.49. The first kappa shape index (κ1) is 4.95. The van der Waals surface area contributed by atoms with Gasteiger partial charge in [0, 0.05) is 12.3 Å². The minimum atomic E-state index is 0.255. The fraction of sp³-hybridized carbons (Fsp3) is 0.750. The molecule has 1 saturated heterocycles. The Hall–Kier alpha value is -0.200. The van der Waals surface area contributed by atoms with Gasteiger partial charge >= 0.3 is 0 Å². The Morgan fingerprint density at radius 2 is 2.71 bits per heavy atom. The summed E-state index contributed by atoms with van der Waals surface area (Å²) >= 11 is 1.63. The molecule has 0 aromatic heterocycles. The molecule has 0 aromatic rings. The summed E-state index contributed by atoms with van der Waals surface area (Å²) in [5.41, 5.74) is 0. The molecule has 3 heteroatoms. The quantitative estimate of drug-likeness (QED) is 0.462. The highest BCUT2D eigenvalue weighted by Gasteiger charge is 2.12. The van der Waals surface area contributed by atoms with E-state index in [1.165, 1.54) is 0 Å². The van der Waals surface area contributed by atoms with Gasteiger partial charge in [-0.15, -0.1) is 0 Å². The van der Waals surface area contributed by atoms with Crippen LogP contribution in [0.4, 0.5) is 0 Å². The van der Waals surface area contributed by atoms with E-state index in [0.717, 1.165) is 12.3 Å². The average molecular weight is 114 g/mol. The number of nitrogens with one attached hydrogen (secondary N) is 1. The Morgan fingerprint density at radius 1 is 1.86 bits per heavy atom. The fourth-order valence-electron chi connectivity index (χ4n) is 0.461. The van der Waals surface area contributed by atoms with Crippen LogP contribution in [-0.4, -0.2) is 12.3 Å². The molecule has 2 nitrogen and oxygen atoms in total. The molecule has 1 aliphatic rings. The summed E-state index contributed by atoms with van der Waals surface area (Å²) in [5.74, 6) is 1.21. The second kappa shape index (κ2) is 2.20. The van der Waals surface area contributed by atoms with E-state index in [2.05, 4.69) is 10.8 Å². The van der Waals surface area contributed by atoms with Crippen molar-refractivity contribution in [1.29, 1.82) is 5.26 Å². The molecule has 1 N–H and O–H groups in total. The topological polar surface area (TPSA) is 35.8 Å². The Morgan fingerprint density at radius 3 is 3.00 bits per heavy atom. The van der Waals surface area contributed by atoms with Crippen LogP contribution in [0, 0.1) is 17.2 Å². The second-order valence-corrected chi connectivity index (χ2v) is 2.40. The van der Waals surface area contributed by atoms with Gasteiger partial charge in [-0.05, 0) is 0 Å². The van der Waals surface area contributed by atoms with E-state index < -0.39 is 0 Å². The van der Waals surface area contributed by atoms with Crippen molar-refractivity contribution in [2.75, 3.05) is 12.3 Å². The number of hydrogen-bond acceptors (Lipinski definition) is 3. The molecule has 38 valence electrons. The third-order valence-electron chi connectivity index (χ3n) is 0.899. The predicted molar refractivity (Wildman–Crippen MR) is 29.6 cm³/mol. The third kappa shape index (κ3) is 1.08. The number of nitrogens with zero attached hydrogens (tertiary/aromatic N) is 1. The van der Waals surface area contributed by atoms with Crippen LogP contribution in [0.1, 0.15) is 0 Å². The monoisotopic (exact) mass is 114 g/mol. The minimum Gasteiger partial charge on any atom is -0.263 e. The summed E-state index contributed by atoms with van der Waals surface area (Å²) in [6.45, 7) is 0.862. The Labute approximate surface area is 47.0 Å². The van der Waals surface area contributed by atoms with E-state index >= 15 is 0 Å². The van der Waals surface area contributed by atoms with Crippen molar-refractivity contribution in [1.82, 2.24) is 4.72 Å². The lowest BCUT2D eigenvalue weighted by molar-refractivity contribution is 0.775. The molecular formula is C4H6N2S. The molecular weight excluding hydrogens is 108 g/mol. The van der Waals surface area contributed by atoms with Crippen molar-refractivity contribution in [3.63, 3.8) is 0 Å². The molecule has 0 aliphatic carbocycles. The molecule has 0 aromatic carbocycles. The summed E-state index contributed by atoms with van der Waals surface area (Å²) in [4.78, 5) is 0. The average Bonchev–Trinajstić information content (AvgIpc) is 2.14. The van der Waals surface area contributed by atoms with Gasteiger partial charge in [-0.3, -0.25) is 4.72 Å². The first-order valence-corrected chi connectivity index (χ1v) is 3.16. The standard InChI is InChI=1S/C4H6N2S/c5-1-4-2-6-7-3-4/h4,6H,2-3H2. The molecule has 7 heavy (non-hydrogen) atoms. The normalized spacial score (nSPS) is 29.9. The molecule has 1 heterocycles. The molecule has 1 aliphatic heterocycles. The van der Waals surface area contributed by atoms with Crippen molar-refractivity contribution in [2.45, 2.75) is 0 Å². The van der Waals surface area contributed by atoms with Crippen LogP contribution >= 0.6 is 11.9 Å². The van der Waals surface area contributed by atoms with Crippen LogP contribution in [0.5, 0.6) is 0 Å². The van der Waals surface area contributed by atoms with Crippen LogP contribution in [0.2, 0.25) is 0 Å². The summed E-state index contributed by atoms with van der Waals surface area (Å²) in [5, 5.41) is 8.26. The van der Waals surface area contributed by atoms with Crippen molar-refractivity contribution in [3.8, 4) is 6.07 Å². The highest BCUT2D eigenvalue weighted by Crippen LogP contribution is 2.10. The van der Waals surface area contributed by atoms with Crippen molar-refractivity contribution in [2.24, 2.45) is 5.92 Å². The molecule has 0 radical (unpaired) electrons. The Kier molecular flexibility index (Phi) is 1.55. The van der Waals surface area contributed by atoms with Crippen LogP contribution in [0.3, 0.4) is 0 Å². The van der Waals surface area contributed by atoms with Crippen molar-refractivity contribution in [3.05, 3.63) is 0 Å². The molecule has 1 atom stereocenters. The maximum Gasteiger partial charge on any atom is 0.0700 e. The highest BCUT2D eigenvalue weighted by atomic mass is 32.2. The molecule has 0 amide bonds. The lowest BCUT2D eigenvalue weighted by Gasteiger charge is -1.85. The van der Waals surface area contributed by atoms with Gasteiger partial charge in [0.1, 0.15) is 0 Å². The first-order valence-electron chi connectivity index (χ1n) is 2.18. The van der Waals surface area contributed by atoms with Gasteiger partial charge < -0.3 is 0 Å². The van der Waals surface area contributed by atoms with Crippen molar-refractivity contribution < 1.29 is 0 Å². The van der Waals surface area contributed by atoms with E-state index in [1.54, 1.807) is 11.9 Å². The zero-order valence-corrected chi connectivity index (χ0v) is 4.66. The zero-order chi connectivity index (χ0) is 5.11. The van der Waals surface area contributed by atoms with Crippen molar-refractivity contribution >= 4 is 11.9 Å². The van der Waals surface area contributed by atoms with Crippen LogP contribution in [-0.2, 0) is 0 Å². The third-order valence-corrected chi connectivity index (χ3v) is 1.84. The largest absolute Gasteiger partial charge is 0.263 e. The fourth-order valence-corrected chi connectivity index (χ4v) is 1.29. The van der Waals surface area contributed by atoms with E-state index in [9.17, 15) is 0 Å². The number of hydrogen-bond donors (Lipinski definition) is 1. The summed E-state index contributed by atoms with van der Waals surface area (Å²) in [6, 6.07) is 2.18. The molecule has 0 saturated carbocycles. The van der Waals surface area contributed by atoms with Crippen LogP contribution < -0.4 is 4.72 Å². The first-order chi connectivity index (χ1) is 3.43. The van der Waals surface area contributed by atoms with E-state index in [0.29, 0.717) is 0 Å². The highest BCUT2D eigenvalue weighted by molar-refractivity contribution is 7.97. The van der Waals surface area contributed by atoms with Gasteiger partial charge in [-0.2, -0.15) is 5.26 Å². The smallest absolute Gasteiger partial charge is 0.0700 e.